The standard InChI is InChI=1S/C34H38FN7O2/c1-22-39-28-7-2-3-8-29(28)42(22)27-20-25-9-10-26(21-27)41(25)18-13-34(23-5-4-6-24(35)19-23)11-16-40(17-12-34)33(44)31-30(32(36)43)37-14-15-38-31/h2-8,14-15,19,25-27H,9-13,16-18,20-21H2,1H3,(H2,36,43)/t25-,26+,27?. The summed E-state index contributed by atoms with van der Waals surface area (Å²) < 4.78 is 17.0. The molecule has 4 aromatic rings. The zero-order valence-corrected chi connectivity index (χ0v) is 25.0. The highest BCUT2D eigenvalue weighted by Gasteiger charge is 2.44. The van der Waals surface area contributed by atoms with Crippen LogP contribution in [0.2, 0.25) is 0 Å². The molecule has 0 saturated carbocycles. The van der Waals surface area contributed by atoms with Gasteiger partial charge in [0.2, 0.25) is 0 Å². The number of fused-ring (bicyclic) bond motifs is 3. The number of aromatic nitrogens is 4. The Hall–Kier alpha value is -4.18. The second-order valence-corrected chi connectivity index (χ2v) is 12.7. The third kappa shape index (κ3) is 5.04. The van der Waals surface area contributed by atoms with Crippen LogP contribution in [-0.4, -0.2) is 72.9 Å². The van der Waals surface area contributed by atoms with Crippen molar-refractivity contribution in [3.05, 3.63) is 89.5 Å². The number of carbonyl (C=O) groups is 2. The molecule has 3 aliphatic rings. The number of aryl methyl sites for hydroxylation is 1. The largest absolute Gasteiger partial charge is 0.364 e. The van der Waals surface area contributed by atoms with Gasteiger partial charge in [-0.05, 0) is 93.7 Å². The van der Waals surface area contributed by atoms with Crippen molar-refractivity contribution in [2.45, 2.75) is 75.4 Å². The van der Waals surface area contributed by atoms with E-state index < -0.39 is 5.91 Å². The van der Waals surface area contributed by atoms with Gasteiger partial charge in [0.05, 0.1) is 11.0 Å². The number of hydrogen-bond acceptors (Lipinski definition) is 6. The van der Waals surface area contributed by atoms with Crippen molar-refractivity contribution in [3.8, 4) is 0 Å². The number of piperidine rings is 2. The van der Waals surface area contributed by atoms with Crippen LogP contribution in [-0.2, 0) is 5.41 Å². The van der Waals surface area contributed by atoms with E-state index in [1.165, 1.54) is 36.8 Å². The number of likely N-dealkylation sites (tertiary alicyclic amines) is 1. The molecule has 3 saturated heterocycles. The van der Waals surface area contributed by atoms with E-state index in [0.717, 1.165) is 42.7 Å². The summed E-state index contributed by atoms with van der Waals surface area (Å²) in [6.45, 7) is 4.01. The van der Waals surface area contributed by atoms with Gasteiger partial charge in [0.15, 0.2) is 11.4 Å². The Balaban J connectivity index is 1.08. The van der Waals surface area contributed by atoms with E-state index in [-0.39, 0.29) is 28.5 Å². The first-order valence-corrected chi connectivity index (χ1v) is 15.7. The highest BCUT2D eigenvalue weighted by molar-refractivity contribution is 6.04. The maximum atomic E-state index is 14.5. The fourth-order valence-electron chi connectivity index (χ4n) is 8.25. The zero-order chi connectivity index (χ0) is 30.4. The number of para-hydroxylation sites is 2. The number of imidazole rings is 1. The minimum atomic E-state index is -0.776. The molecule has 1 unspecified atom stereocenters. The number of primary amides is 1. The first-order valence-electron chi connectivity index (χ1n) is 15.7. The molecule has 10 heteroatoms. The monoisotopic (exact) mass is 595 g/mol. The summed E-state index contributed by atoms with van der Waals surface area (Å²) in [6, 6.07) is 16.9. The second-order valence-electron chi connectivity index (χ2n) is 12.7. The molecule has 7 rings (SSSR count). The van der Waals surface area contributed by atoms with Crippen molar-refractivity contribution >= 4 is 22.8 Å². The highest BCUT2D eigenvalue weighted by atomic mass is 19.1. The molecule has 3 fully saturated rings. The molecule has 228 valence electrons. The van der Waals surface area contributed by atoms with Gasteiger partial charge in [-0.3, -0.25) is 14.5 Å². The van der Waals surface area contributed by atoms with Crippen molar-refractivity contribution < 1.29 is 14.0 Å². The molecule has 3 atom stereocenters. The van der Waals surface area contributed by atoms with E-state index in [0.29, 0.717) is 44.1 Å². The lowest BCUT2D eigenvalue weighted by Crippen LogP contribution is -2.49. The van der Waals surface area contributed by atoms with Gasteiger partial charge in [0.1, 0.15) is 11.6 Å². The number of hydrogen-bond donors (Lipinski definition) is 1. The van der Waals surface area contributed by atoms with Crippen molar-refractivity contribution in [2.24, 2.45) is 5.73 Å². The van der Waals surface area contributed by atoms with Gasteiger partial charge in [-0.2, -0.15) is 0 Å². The molecule has 44 heavy (non-hydrogen) atoms. The fourth-order valence-corrected chi connectivity index (χ4v) is 8.25. The predicted molar refractivity (Wildman–Crippen MR) is 165 cm³/mol. The minimum Gasteiger partial charge on any atom is -0.364 e. The van der Waals surface area contributed by atoms with Gasteiger partial charge >= 0.3 is 0 Å². The second kappa shape index (κ2) is 11.4. The van der Waals surface area contributed by atoms with Gasteiger partial charge < -0.3 is 15.2 Å². The van der Waals surface area contributed by atoms with Crippen molar-refractivity contribution in [1.29, 1.82) is 0 Å². The van der Waals surface area contributed by atoms with Crippen molar-refractivity contribution in [2.75, 3.05) is 19.6 Å². The maximum absolute atomic E-state index is 14.5. The molecule has 0 radical (unpaired) electrons. The summed E-state index contributed by atoms with van der Waals surface area (Å²) in [4.78, 5) is 42.7. The normalized spacial score (nSPS) is 23.2. The van der Waals surface area contributed by atoms with Crippen molar-refractivity contribution in [1.82, 2.24) is 29.3 Å². The van der Waals surface area contributed by atoms with Crippen LogP contribution in [0.5, 0.6) is 0 Å². The lowest BCUT2D eigenvalue weighted by atomic mass is 9.70. The fraction of sp³-hybridized carbons (Fsp3) is 0.441. The van der Waals surface area contributed by atoms with Gasteiger partial charge in [0.25, 0.3) is 11.8 Å². The quantitative estimate of drug-likeness (QED) is 0.329. The maximum Gasteiger partial charge on any atom is 0.274 e. The smallest absolute Gasteiger partial charge is 0.274 e. The molecular formula is C34H38FN7O2. The molecule has 2 N–H and O–H groups in total. The van der Waals surface area contributed by atoms with Gasteiger partial charge in [0, 0.05) is 43.6 Å². The third-order valence-corrected chi connectivity index (χ3v) is 10.4. The van der Waals surface area contributed by atoms with Gasteiger partial charge in [-0.1, -0.05) is 24.3 Å². The third-order valence-electron chi connectivity index (χ3n) is 10.4. The van der Waals surface area contributed by atoms with Crippen LogP contribution in [0, 0.1) is 12.7 Å². The average Bonchev–Trinajstić information content (AvgIpc) is 3.50. The Morgan fingerprint density at radius 2 is 1.66 bits per heavy atom. The van der Waals surface area contributed by atoms with Crippen molar-refractivity contribution in [3.63, 3.8) is 0 Å². The topological polar surface area (TPSA) is 110 Å². The molecule has 3 aliphatic heterocycles. The van der Waals surface area contributed by atoms with Crippen LogP contribution in [0.1, 0.15) is 83.4 Å². The Morgan fingerprint density at radius 3 is 2.36 bits per heavy atom. The number of rotatable bonds is 7. The summed E-state index contributed by atoms with van der Waals surface area (Å²) in [6.07, 6.45) is 9.64. The number of amides is 2. The molecule has 2 amide bonds. The van der Waals surface area contributed by atoms with Crippen LogP contribution >= 0.6 is 0 Å². The van der Waals surface area contributed by atoms with Crippen LogP contribution in [0.15, 0.2) is 60.9 Å². The Bertz CT molecular complexity index is 1700. The van der Waals surface area contributed by atoms with Crippen LogP contribution in [0.4, 0.5) is 4.39 Å². The molecular weight excluding hydrogens is 557 g/mol. The molecule has 9 nitrogen and oxygen atoms in total. The van der Waals surface area contributed by atoms with Crippen LogP contribution in [0.3, 0.4) is 0 Å². The first kappa shape index (κ1) is 28.6. The molecule has 5 heterocycles. The predicted octanol–water partition coefficient (Wildman–Crippen LogP) is 4.80. The summed E-state index contributed by atoms with van der Waals surface area (Å²) in [5, 5.41) is 0. The van der Waals surface area contributed by atoms with E-state index in [9.17, 15) is 14.0 Å². The van der Waals surface area contributed by atoms with Gasteiger partial charge in [-0.25, -0.2) is 19.3 Å². The number of benzene rings is 2. The highest BCUT2D eigenvalue weighted by Crippen LogP contribution is 2.45. The average molecular weight is 596 g/mol. The number of nitrogens with zero attached hydrogens (tertiary/aromatic N) is 6. The summed E-state index contributed by atoms with van der Waals surface area (Å²) >= 11 is 0. The molecule has 0 spiro atoms. The Kier molecular flexibility index (Phi) is 7.40. The molecule has 2 aromatic carbocycles. The SMILES string of the molecule is Cc1nc2ccccc2n1C1C[C@H]2CC[C@@H](C1)N2CCC1(c2cccc(F)c2)CCN(C(=O)c2nccnc2C(N)=O)CC1. The summed E-state index contributed by atoms with van der Waals surface area (Å²) in [5.74, 6) is -0.278. The van der Waals surface area contributed by atoms with E-state index >= 15 is 0 Å². The molecule has 2 aromatic heterocycles. The van der Waals surface area contributed by atoms with E-state index in [2.05, 4.69) is 44.6 Å². The lowest BCUT2D eigenvalue weighted by molar-refractivity contribution is 0.0598. The van der Waals surface area contributed by atoms with Crippen LogP contribution < -0.4 is 5.73 Å². The lowest BCUT2D eigenvalue weighted by Gasteiger charge is -2.45. The van der Waals surface area contributed by atoms with Gasteiger partial charge in [-0.15, -0.1) is 0 Å². The van der Waals surface area contributed by atoms with Crippen LogP contribution in [0.25, 0.3) is 11.0 Å². The minimum absolute atomic E-state index is 0.0152. The number of nitrogens with two attached hydrogens (primary N) is 1. The first-order chi connectivity index (χ1) is 21.3. The Labute approximate surface area is 256 Å². The number of carbonyl (C=O) groups excluding carboxylic acids is 2. The number of halogens is 1. The van der Waals surface area contributed by atoms with E-state index in [4.69, 9.17) is 10.7 Å². The summed E-state index contributed by atoms with van der Waals surface area (Å²) in [7, 11) is 0. The molecule has 2 bridgehead atoms. The molecule has 0 aliphatic carbocycles. The van der Waals surface area contributed by atoms with E-state index in [1.54, 1.807) is 17.0 Å². The summed E-state index contributed by atoms with van der Waals surface area (Å²) in [5.41, 5.74) is 8.35. The van der Waals surface area contributed by atoms with E-state index in [1.807, 2.05) is 12.1 Å². The Morgan fingerprint density at radius 1 is 0.955 bits per heavy atom. The zero-order valence-electron chi connectivity index (χ0n) is 25.0.